The summed E-state index contributed by atoms with van der Waals surface area (Å²) in [5, 5.41) is 3.60. The monoisotopic (exact) mass is 355 g/mol. The molecule has 0 aromatic heterocycles. The third-order valence-corrected chi connectivity index (χ3v) is 5.64. The van der Waals surface area contributed by atoms with Crippen LogP contribution in [0.3, 0.4) is 0 Å². The van der Waals surface area contributed by atoms with E-state index in [1.54, 1.807) is 0 Å². The third-order valence-electron chi connectivity index (χ3n) is 4.45. The summed E-state index contributed by atoms with van der Waals surface area (Å²) in [6, 6.07) is 3.99. The molecule has 1 unspecified atom stereocenters. The number of nitrogens with one attached hydrogen (secondary N) is 1. The lowest BCUT2D eigenvalue weighted by atomic mass is 9.85. The normalized spacial score (nSPS) is 20.6. The average Bonchev–Trinajstić information content (AvgIpc) is 2.78. The largest absolute Gasteiger partial charge is 0.325 e. The number of rotatable bonds is 3. The summed E-state index contributed by atoms with van der Waals surface area (Å²) in [6.45, 7) is 0. The molecule has 1 aromatic rings. The van der Waals surface area contributed by atoms with E-state index in [1.807, 2.05) is 6.07 Å². The molecule has 1 aliphatic heterocycles. The predicted molar refractivity (Wildman–Crippen MR) is 86.6 cm³/mol. The minimum Gasteiger partial charge on any atom is -0.325 e. The van der Waals surface area contributed by atoms with E-state index in [-0.39, 0.29) is 5.91 Å². The van der Waals surface area contributed by atoms with E-state index in [2.05, 4.69) is 27.3 Å². The second kappa shape index (κ2) is 6.07. The lowest BCUT2D eigenvalue weighted by Gasteiger charge is -2.24. The summed E-state index contributed by atoms with van der Waals surface area (Å²) in [5.41, 5.74) is 3.08. The van der Waals surface area contributed by atoms with Crippen molar-refractivity contribution in [1.29, 1.82) is 0 Å². The molecule has 1 fully saturated rings. The van der Waals surface area contributed by atoms with E-state index in [0.29, 0.717) is 11.2 Å². The zero-order valence-corrected chi connectivity index (χ0v) is 13.8. The molecule has 0 saturated heterocycles. The van der Waals surface area contributed by atoms with E-state index in [4.69, 9.17) is 11.6 Å². The lowest BCUT2D eigenvalue weighted by molar-refractivity contribution is -0.115. The van der Waals surface area contributed by atoms with Crippen molar-refractivity contribution in [1.82, 2.24) is 0 Å². The van der Waals surface area contributed by atoms with Gasteiger partial charge in [0.2, 0.25) is 5.91 Å². The average molecular weight is 357 g/mol. The zero-order valence-electron chi connectivity index (χ0n) is 11.4. The minimum absolute atomic E-state index is 0.0617. The minimum atomic E-state index is 0.0617. The maximum absolute atomic E-state index is 11.4. The Morgan fingerprint density at radius 3 is 2.80 bits per heavy atom. The molecule has 1 aliphatic carbocycles. The fraction of sp³-hybridized carbons (Fsp3) is 0.562. The fourth-order valence-electron chi connectivity index (χ4n) is 3.35. The molecule has 20 heavy (non-hydrogen) atoms. The maximum Gasteiger partial charge on any atom is 0.228 e. The van der Waals surface area contributed by atoms with Crippen molar-refractivity contribution in [2.75, 3.05) is 5.32 Å². The van der Waals surface area contributed by atoms with E-state index in [1.165, 1.54) is 32.1 Å². The number of fused-ring (bicyclic) bond motifs is 1. The molecular weight excluding hydrogens is 338 g/mol. The highest BCUT2D eigenvalue weighted by atomic mass is 79.9. The van der Waals surface area contributed by atoms with Crippen molar-refractivity contribution >= 4 is 39.1 Å². The van der Waals surface area contributed by atoms with Crippen LogP contribution in [0.1, 0.15) is 54.5 Å². The van der Waals surface area contributed by atoms with Gasteiger partial charge in [-0.1, -0.05) is 65.7 Å². The van der Waals surface area contributed by atoms with Crippen LogP contribution in [0, 0.1) is 5.92 Å². The summed E-state index contributed by atoms with van der Waals surface area (Å²) in [6.07, 6.45) is 8.40. The molecule has 2 nitrogen and oxygen atoms in total. The first-order valence-corrected chi connectivity index (χ1v) is 8.69. The van der Waals surface area contributed by atoms with Crippen LogP contribution in [-0.4, -0.2) is 5.91 Å². The highest BCUT2D eigenvalue weighted by molar-refractivity contribution is 9.09. The number of hydrogen-bond acceptors (Lipinski definition) is 1. The molecule has 1 N–H and O–H groups in total. The highest BCUT2D eigenvalue weighted by Gasteiger charge is 2.24. The number of anilines is 1. The van der Waals surface area contributed by atoms with E-state index < -0.39 is 0 Å². The summed E-state index contributed by atoms with van der Waals surface area (Å²) < 4.78 is 0. The summed E-state index contributed by atoms with van der Waals surface area (Å²) in [5.74, 6) is 0.865. The van der Waals surface area contributed by atoms with Gasteiger partial charge in [0.25, 0.3) is 0 Å². The van der Waals surface area contributed by atoms with Crippen LogP contribution in [0.4, 0.5) is 5.69 Å². The molecule has 1 amide bonds. The Labute approximate surface area is 133 Å². The number of amides is 1. The summed E-state index contributed by atoms with van der Waals surface area (Å²) in [7, 11) is 0. The molecular formula is C16H19BrClNO. The van der Waals surface area contributed by atoms with Gasteiger partial charge < -0.3 is 5.32 Å². The van der Waals surface area contributed by atoms with Crippen LogP contribution < -0.4 is 5.32 Å². The number of carbonyl (C=O) groups is 1. The lowest BCUT2D eigenvalue weighted by Crippen LogP contribution is -2.09. The van der Waals surface area contributed by atoms with Crippen molar-refractivity contribution in [3.8, 4) is 0 Å². The fourth-order valence-corrected chi connectivity index (χ4v) is 4.68. The number of alkyl halides is 1. The Kier molecular flexibility index (Phi) is 4.37. The van der Waals surface area contributed by atoms with Crippen LogP contribution in [0.15, 0.2) is 12.1 Å². The Morgan fingerprint density at radius 2 is 2.05 bits per heavy atom. The van der Waals surface area contributed by atoms with Gasteiger partial charge in [0.05, 0.1) is 6.42 Å². The third kappa shape index (κ3) is 3.04. The Hall–Kier alpha value is -0.540. The molecule has 0 radical (unpaired) electrons. The van der Waals surface area contributed by atoms with Crippen LogP contribution in [0.25, 0.3) is 0 Å². The molecule has 0 bridgehead atoms. The van der Waals surface area contributed by atoms with Crippen molar-refractivity contribution < 1.29 is 4.79 Å². The van der Waals surface area contributed by atoms with Crippen LogP contribution in [0.5, 0.6) is 0 Å². The second-order valence-corrected chi connectivity index (χ2v) is 7.48. The van der Waals surface area contributed by atoms with Gasteiger partial charge in [-0.2, -0.15) is 0 Å². The predicted octanol–water partition coefficient (Wildman–Crippen LogP) is 5.24. The molecule has 1 heterocycles. The molecule has 0 spiro atoms. The maximum atomic E-state index is 11.4. The zero-order chi connectivity index (χ0) is 14.1. The second-order valence-electron chi connectivity index (χ2n) is 5.96. The van der Waals surface area contributed by atoms with Gasteiger partial charge >= 0.3 is 0 Å². The van der Waals surface area contributed by atoms with Crippen LogP contribution in [-0.2, 0) is 11.2 Å². The van der Waals surface area contributed by atoms with Gasteiger partial charge in [-0.05, 0) is 29.5 Å². The van der Waals surface area contributed by atoms with Gasteiger partial charge in [-0.25, -0.2) is 0 Å². The van der Waals surface area contributed by atoms with Crippen molar-refractivity contribution in [3.05, 3.63) is 28.3 Å². The first kappa shape index (κ1) is 14.4. The van der Waals surface area contributed by atoms with Crippen molar-refractivity contribution in [3.63, 3.8) is 0 Å². The number of benzene rings is 1. The summed E-state index contributed by atoms with van der Waals surface area (Å²) in [4.78, 5) is 11.7. The van der Waals surface area contributed by atoms with Gasteiger partial charge in [0, 0.05) is 15.5 Å². The number of carbonyl (C=O) groups excluding carboxylic acids is 1. The molecule has 4 heteroatoms. The van der Waals surface area contributed by atoms with Gasteiger partial charge in [0.1, 0.15) is 0 Å². The Balaban J connectivity index is 1.76. The van der Waals surface area contributed by atoms with Crippen molar-refractivity contribution in [2.45, 2.75) is 49.8 Å². The van der Waals surface area contributed by atoms with Gasteiger partial charge in [0.15, 0.2) is 0 Å². The van der Waals surface area contributed by atoms with Gasteiger partial charge in [-0.15, -0.1) is 0 Å². The molecule has 3 rings (SSSR count). The first-order valence-electron chi connectivity index (χ1n) is 7.39. The van der Waals surface area contributed by atoms with Gasteiger partial charge in [-0.3, -0.25) is 4.79 Å². The molecule has 1 saturated carbocycles. The Morgan fingerprint density at radius 1 is 1.30 bits per heavy atom. The molecule has 1 aromatic carbocycles. The Bertz CT molecular complexity index is 525. The van der Waals surface area contributed by atoms with E-state index in [0.717, 1.165) is 34.2 Å². The van der Waals surface area contributed by atoms with Crippen molar-refractivity contribution in [2.24, 2.45) is 5.92 Å². The summed E-state index contributed by atoms with van der Waals surface area (Å²) >= 11 is 10.2. The van der Waals surface area contributed by atoms with E-state index >= 15 is 0 Å². The smallest absolute Gasteiger partial charge is 0.228 e. The highest BCUT2D eigenvalue weighted by Crippen LogP contribution is 2.41. The topological polar surface area (TPSA) is 29.1 Å². The SMILES string of the molecule is O=C1Cc2cc(C(Br)CC3CCCCC3)c(Cl)cc2N1. The molecule has 2 aliphatic rings. The molecule has 108 valence electrons. The number of hydrogen-bond donors (Lipinski definition) is 1. The standard InChI is InChI=1S/C16H19BrClNO/c17-13(6-10-4-2-1-3-5-10)12-7-11-8-16(20)19-15(11)9-14(12)18/h7,9-10,13H,1-6,8H2,(H,19,20). The first-order chi connectivity index (χ1) is 9.63. The van der Waals surface area contributed by atoms with E-state index in [9.17, 15) is 4.79 Å². The van der Waals surface area contributed by atoms with Crippen LogP contribution in [0.2, 0.25) is 5.02 Å². The van der Waals surface area contributed by atoms with Crippen LogP contribution >= 0.6 is 27.5 Å². The molecule has 1 atom stereocenters. The quantitative estimate of drug-likeness (QED) is 0.737. The number of halogens is 2.